The van der Waals surface area contributed by atoms with Crippen molar-refractivity contribution in [2.75, 3.05) is 13.2 Å². The Morgan fingerprint density at radius 2 is 2.00 bits per heavy atom. The molecule has 0 bridgehead atoms. The lowest BCUT2D eigenvalue weighted by molar-refractivity contribution is -0.118. The number of nitrogens with zero attached hydrogens (tertiary/aromatic N) is 1. The lowest BCUT2D eigenvalue weighted by atomic mass is 10.3. The van der Waals surface area contributed by atoms with Gasteiger partial charge in [0.1, 0.15) is 5.78 Å². The number of hydrogen-bond acceptors (Lipinski definition) is 3. The van der Waals surface area contributed by atoms with Gasteiger partial charge in [0.15, 0.2) is 0 Å². The van der Waals surface area contributed by atoms with E-state index >= 15 is 0 Å². The predicted molar refractivity (Wildman–Crippen MR) is 42.0 cm³/mol. The van der Waals surface area contributed by atoms with Crippen LogP contribution in [0.4, 0.5) is 4.79 Å². The van der Waals surface area contributed by atoms with E-state index in [1.54, 1.807) is 0 Å². The summed E-state index contributed by atoms with van der Waals surface area (Å²) in [6, 6.07) is -0.536. The van der Waals surface area contributed by atoms with Crippen LogP contribution in [0.15, 0.2) is 0 Å². The van der Waals surface area contributed by atoms with Crippen molar-refractivity contribution < 1.29 is 19.8 Å². The zero-order valence-corrected chi connectivity index (χ0v) is 7.15. The minimum Gasteiger partial charge on any atom is -0.465 e. The van der Waals surface area contributed by atoms with Gasteiger partial charge in [-0.05, 0) is 13.8 Å². The van der Waals surface area contributed by atoms with Crippen LogP contribution < -0.4 is 0 Å². The second-order valence-corrected chi connectivity index (χ2v) is 2.64. The molecule has 0 aliphatic carbocycles. The molecule has 0 unspecified atom stereocenters. The molecule has 0 saturated carbocycles. The van der Waals surface area contributed by atoms with E-state index in [2.05, 4.69) is 0 Å². The van der Waals surface area contributed by atoms with Crippen LogP contribution in [0.2, 0.25) is 0 Å². The molecule has 5 heteroatoms. The fraction of sp³-hybridized carbons (Fsp3) is 0.714. The first-order valence-electron chi connectivity index (χ1n) is 3.59. The third kappa shape index (κ3) is 3.34. The number of rotatable bonds is 4. The third-order valence-electron chi connectivity index (χ3n) is 1.43. The summed E-state index contributed by atoms with van der Waals surface area (Å²) in [5.74, 6) is -0.238. The van der Waals surface area contributed by atoms with Gasteiger partial charge < -0.3 is 10.2 Å². The Kier molecular flexibility index (Phi) is 4.28. The summed E-state index contributed by atoms with van der Waals surface area (Å²) < 4.78 is 0. The standard InChI is InChI=1S/C7H13NO4/c1-5(4-9)8(7(11)12)3-6(2)10/h5,9H,3-4H2,1-2H3,(H,11,12)/t5-/m0/s1. The Bertz CT molecular complexity index is 180. The minimum atomic E-state index is -1.19. The van der Waals surface area contributed by atoms with Crippen molar-refractivity contribution in [2.24, 2.45) is 0 Å². The molecule has 0 fully saturated rings. The fourth-order valence-electron chi connectivity index (χ4n) is 0.750. The van der Waals surface area contributed by atoms with Gasteiger partial charge in [0.05, 0.1) is 19.2 Å². The maximum absolute atomic E-state index is 10.6. The Hall–Kier alpha value is -1.10. The molecule has 0 aliphatic rings. The monoisotopic (exact) mass is 175 g/mol. The summed E-state index contributed by atoms with van der Waals surface area (Å²) in [7, 11) is 0. The van der Waals surface area contributed by atoms with E-state index < -0.39 is 12.1 Å². The quantitative estimate of drug-likeness (QED) is 0.627. The topological polar surface area (TPSA) is 77.8 Å². The van der Waals surface area contributed by atoms with Gasteiger partial charge in [-0.2, -0.15) is 0 Å². The summed E-state index contributed by atoms with van der Waals surface area (Å²) in [5, 5.41) is 17.2. The number of carbonyl (C=O) groups is 2. The molecular formula is C7H13NO4. The lowest BCUT2D eigenvalue weighted by Gasteiger charge is -2.23. The molecule has 1 amide bonds. The smallest absolute Gasteiger partial charge is 0.408 e. The van der Waals surface area contributed by atoms with E-state index in [1.165, 1.54) is 13.8 Å². The Morgan fingerprint density at radius 1 is 1.50 bits per heavy atom. The highest BCUT2D eigenvalue weighted by atomic mass is 16.4. The Balaban J connectivity index is 4.22. The van der Waals surface area contributed by atoms with Crippen molar-refractivity contribution in [1.29, 1.82) is 0 Å². The molecule has 5 nitrogen and oxygen atoms in total. The van der Waals surface area contributed by atoms with Gasteiger partial charge in [-0.25, -0.2) is 4.79 Å². The van der Waals surface area contributed by atoms with Crippen molar-refractivity contribution in [3.63, 3.8) is 0 Å². The highest BCUT2D eigenvalue weighted by Crippen LogP contribution is 1.98. The second-order valence-electron chi connectivity index (χ2n) is 2.64. The van der Waals surface area contributed by atoms with Gasteiger partial charge in [0.2, 0.25) is 0 Å². The highest BCUT2D eigenvalue weighted by Gasteiger charge is 2.19. The van der Waals surface area contributed by atoms with Gasteiger partial charge in [0.25, 0.3) is 0 Å². The van der Waals surface area contributed by atoms with Gasteiger partial charge in [-0.3, -0.25) is 9.69 Å². The molecule has 0 aromatic rings. The summed E-state index contributed by atoms with van der Waals surface area (Å²) >= 11 is 0. The van der Waals surface area contributed by atoms with E-state index in [0.717, 1.165) is 4.90 Å². The van der Waals surface area contributed by atoms with Crippen molar-refractivity contribution in [2.45, 2.75) is 19.9 Å². The van der Waals surface area contributed by atoms with Gasteiger partial charge in [-0.15, -0.1) is 0 Å². The SMILES string of the molecule is CC(=O)CN(C(=O)O)[C@@H](C)CO. The van der Waals surface area contributed by atoms with Crippen LogP contribution in [0.1, 0.15) is 13.8 Å². The average Bonchev–Trinajstić information content (AvgIpc) is 1.98. The molecule has 0 aromatic heterocycles. The van der Waals surface area contributed by atoms with Gasteiger partial charge >= 0.3 is 6.09 Å². The molecular weight excluding hydrogens is 162 g/mol. The number of hydrogen-bond donors (Lipinski definition) is 2. The van der Waals surface area contributed by atoms with Crippen molar-refractivity contribution in [1.82, 2.24) is 4.90 Å². The fourth-order valence-corrected chi connectivity index (χ4v) is 0.750. The van der Waals surface area contributed by atoms with Crippen molar-refractivity contribution in [3.8, 4) is 0 Å². The minimum absolute atomic E-state index is 0.170. The molecule has 12 heavy (non-hydrogen) atoms. The van der Waals surface area contributed by atoms with E-state index in [-0.39, 0.29) is 18.9 Å². The molecule has 0 aliphatic heterocycles. The number of carbonyl (C=O) groups excluding carboxylic acids is 1. The Morgan fingerprint density at radius 3 is 2.25 bits per heavy atom. The molecule has 1 atom stereocenters. The van der Waals surface area contributed by atoms with E-state index in [4.69, 9.17) is 10.2 Å². The number of aliphatic hydroxyl groups excluding tert-OH is 1. The van der Waals surface area contributed by atoms with Crippen LogP contribution in [-0.4, -0.2) is 46.2 Å². The van der Waals surface area contributed by atoms with Crippen LogP contribution in [0.3, 0.4) is 0 Å². The first-order valence-corrected chi connectivity index (χ1v) is 3.59. The van der Waals surface area contributed by atoms with Crippen LogP contribution in [0.5, 0.6) is 0 Å². The van der Waals surface area contributed by atoms with E-state index in [9.17, 15) is 9.59 Å². The van der Waals surface area contributed by atoms with Gasteiger partial charge in [-0.1, -0.05) is 0 Å². The molecule has 70 valence electrons. The number of aliphatic hydroxyl groups is 1. The third-order valence-corrected chi connectivity index (χ3v) is 1.43. The van der Waals surface area contributed by atoms with Crippen LogP contribution in [-0.2, 0) is 4.79 Å². The largest absolute Gasteiger partial charge is 0.465 e. The normalized spacial score (nSPS) is 12.2. The number of carboxylic acid groups (broad SMARTS) is 1. The lowest BCUT2D eigenvalue weighted by Crippen LogP contribution is -2.42. The molecule has 2 N–H and O–H groups in total. The highest BCUT2D eigenvalue weighted by molar-refractivity contribution is 5.81. The van der Waals surface area contributed by atoms with Crippen molar-refractivity contribution >= 4 is 11.9 Å². The van der Waals surface area contributed by atoms with Gasteiger partial charge in [0, 0.05) is 0 Å². The van der Waals surface area contributed by atoms with Crippen LogP contribution in [0.25, 0.3) is 0 Å². The average molecular weight is 175 g/mol. The number of Topliss-reactive ketones (excluding diaryl/α,β-unsaturated/α-hetero) is 1. The van der Waals surface area contributed by atoms with E-state index in [0.29, 0.717) is 0 Å². The van der Waals surface area contributed by atoms with E-state index in [1.807, 2.05) is 0 Å². The van der Waals surface area contributed by atoms with Crippen molar-refractivity contribution in [3.05, 3.63) is 0 Å². The number of amides is 1. The maximum Gasteiger partial charge on any atom is 0.408 e. The summed E-state index contributed by atoms with van der Waals surface area (Å²) in [6.07, 6.45) is -1.19. The molecule has 0 heterocycles. The predicted octanol–water partition coefficient (Wildman–Crippen LogP) is -0.0638. The molecule has 0 aromatic carbocycles. The summed E-state index contributed by atoms with van der Waals surface area (Å²) in [4.78, 5) is 22.0. The molecule has 0 radical (unpaired) electrons. The van der Waals surface area contributed by atoms with Crippen LogP contribution >= 0.6 is 0 Å². The number of ketones is 1. The molecule has 0 saturated heterocycles. The maximum atomic E-state index is 10.6. The zero-order chi connectivity index (χ0) is 9.72. The van der Waals surface area contributed by atoms with Crippen LogP contribution in [0, 0.1) is 0 Å². The Labute approximate surface area is 70.6 Å². The first kappa shape index (κ1) is 10.9. The summed E-state index contributed by atoms with van der Waals surface area (Å²) in [6.45, 7) is 2.40. The first-order chi connectivity index (χ1) is 5.49. The molecule has 0 spiro atoms. The summed E-state index contributed by atoms with van der Waals surface area (Å²) in [5.41, 5.74) is 0. The second kappa shape index (κ2) is 4.71. The molecule has 0 rings (SSSR count). The zero-order valence-electron chi connectivity index (χ0n) is 7.15.